The van der Waals surface area contributed by atoms with Gasteiger partial charge in [-0.15, -0.1) is 0 Å². The molecule has 1 N–H and O–H groups in total. The van der Waals surface area contributed by atoms with Crippen LogP contribution in [0.2, 0.25) is 0 Å². The van der Waals surface area contributed by atoms with Crippen LogP contribution in [0.4, 0.5) is 0 Å². The van der Waals surface area contributed by atoms with Crippen LogP contribution < -0.4 is 5.32 Å². The summed E-state index contributed by atoms with van der Waals surface area (Å²) in [6, 6.07) is 4.80. The van der Waals surface area contributed by atoms with Crippen LogP contribution >= 0.6 is 11.8 Å². The maximum Gasteiger partial charge on any atom is 0.118 e. The number of hydrogen-bond acceptors (Lipinski definition) is 4. The van der Waals surface area contributed by atoms with Gasteiger partial charge in [0.05, 0.1) is 13.1 Å². The Labute approximate surface area is 108 Å². The molecular weight excluding hydrogens is 232 g/mol. The van der Waals surface area contributed by atoms with E-state index in [0.29, 0.717) is 6.04 Å². The largest absolute Gasteiger partial charge is 0.463 e. The summed E-state index contributed by atoms with van der Waals surface area (Å²) >= 11 is 2.07. The van der Waals surface area contributed by atoms with Crippen molar-refractivity contribution in [1.29, 1.82) is 0 Å². The third-order valence-electron chi connectivity index (χ3n) is 3.44. The number of furan rings is 1. The summed E-state index contributed by atoms with van der Waals surface area (Å²) in [7, 11) is 1.94. The molecule has 0 saturated carbocycles. The van der Waals surface area contributed by atoms with Crippen LogP contribution in [0.15, 0.2) is 16.5 Å². The predicted molar refractivity (Wildman–Crippen MR) is 73.3 cm³/mol. The van der Waals surface area contributed by atoms with E-state index in [0.717, 1.165) is 36.4 Å². The molecule has 3 nitrogen and oxygen atoms in total. The predicted octanol–water partition coefficient (Wildman–Crippen LogP) is 2.32. The maximum absolute atomic E-state index is 5.80. The fourth-order valence-corrected chi connectivity index (χ4v) is 3.36. The van der Waals surface area contributed by atoms with Crippen LogP contribution in [0.3, 0.4) is 0 Å². The zero-order valence-electron chi connectivity index (χ0n) is 10.9. The van der Waals surface area contributed by atoms with Crippen LogP contribution in [-0.4, -0.2) is 35.5 Å². The normalized spacial score (nSPS) is 26.3. The number of rotatable bonds is 4. The Morgan fingerprint density at radius 1 is 1.41 bits per heavy atom. The zero-order chi connectivity index (χ0) is 12.3. The second kappa shape index (κ2) is 5.94. The van der Waals surface area contributed by atoms with Crippen molar-refractivity contribution in [2.75, 3.05) is 19.3 Å². The van der Waals surface area contributed by atoms with Crippen molar-refractivity contribution in [3.8, 4) is 0 Å². The molecule has 0 amide bonds. The van der Waals surface area contributed by atoms with Gasteiger partial charge in [-0.3, -0.25) is 4.90 Å². The molecule has 0 radical (unpaired) electrons. The van der Waals surface area contributed by atoms with Crippen molar-refractivity contribution in [3.05, 3.63) is 23.7 Å². The van der Waals surface area contributed by atoms with E-state index in [1.807, 2.05) is 7.05 Å². The molecule has 2 heterocycles. The lowest BCUT2D eigenvalue weighted by molar-refractivity contribution is 0.187. The summed E-state index contributed by atoms with van der Waals surface area (Å²) in [5, 5.41) is 3.82. The molecule has 1 saturated heterocycles. The number of hydrogen-bond donors (Lipinski definition) is 1. The molecule has 1 aliphatic rings. The van der Waals surface area contributed by atoms with Gasteiger partial charge in [0.15, 0.2) is 0 Å². The summed E-state index contributed by atoms with van der Waals surface area (Å²) in [4.78, 5) is 2.52. The fraction of sp³-hybridized carbons (Fsp3) is 0.692. The van der Waals surface area contributed by atoms with Crippen LogP contribution in [-0.2, 0) is 13.1 Å². The lowest BCUT2D eigenvalue weighted by atomic mass is 10.2. The lowest BCUT2D eigenvalue weighted by Gasteiger charge is -2.36. The first kappa shape index (κ1) is 13.0. The van der Waals surface area contributed by atoms with Gasteiger partial charge in [0.2, 0.25) is 0 Å². The van der Waals surface area contributed by atoms with Crippen molar-refractivity contribution >= 4 is 11.8 Å². The van der Waals surface area contributed by atoms with Crippen molar-refractivity contribution in [1.82, 2.24) is 10.2 Å². The summed E-state index contributed by atoms with van der Waals surface area (Å²) in [6.07, 6.45) is 0. The number of thioether (sulfide) groups is 1. The Morgan fingerprint density at radius 3 is 2.94 bits per heavy atom. The molecule has 2 rings (SSSR count). The van der Waals surface area contributed by atoms with Gasteiger partial charge in [0.1, 0.15) is 11.5 Å². The smallest absolute Gasteiger partial charge is 0.118 e. The van der Waals surface area contributed by atoms with E-state index in [-0.39, 0.29) is 0 Å². The van der Waals surface area contributed by atoms with E-state index in [2.05, 4.69) is 48.0 Å². The molecule has 0 aromatic carbocycles. The molecule has 2 atom stereocenters. The van der Waals surface area contributed by atoms with Crippen molar-refractivity contribution in [3.63, 3.8) is 0 Å². The third-order valence-corrected chi connectivity index (χ3v) is 4.78. The molecule has 1 aromatic rings. The summed E-state index contributed by atoms with van der Waals surface area (Å²) in [5.41, 5.74) is 0. The van der Waals surface area contributed by atoms with Crippen LogP contribution in [0.25, 0.3) is 0 Å². The Balaban J connectivity index is 1.94. The second-order valence-corrected chi connectivity index (χ2v) is 6.17. The van der Waals surface area contributed by atoms with Crippen LogP contribution in [0.5, 0.6) is 0 Å². The summed E-state index contributed by atoms with van der Waals surface area (Å²) in [6.45, 7) is 7.54. The van der Waals surface area contributed by atoms with Gasteiger partial charge in [-0.1, -0.05) is 6.92 Å². The van der Waals surface area contributed by atoms with Crippen molar-refractivity contribution < 1.29 is 4.42 Å². The Kier molecular flexibility index (Phi) is 4.54. The van der Waals surface area contributed by atoms with Gasteiger partial charge in [-0.05, 0) is 26.1 Å². The minimum atomic E-state index is 0.631. The summed E-state index contributed by atoms with van der Waals surface area (Å²) in [5.74, 6) is 3.34. The van der Waals surface area contributed by atoms with Crippen molar-refractivity contribution in [2.45, 2.75) is 38.2 Å². The average Bonchev–Trinajstić information content (AvgIpc) is 2.73. The molecule has 0 aliphatic carbocycles. The molecule has 17 heavy (non-hydrogen) atoms. The SMILES string of the molecule is CNCc1ccc(CN2CCSC(C)C2C)o1. The first-order valence-electron chi connectivity index (χ1n) is 6.28. The standard InChI is InChI=1S/C13H22N2OS/c1-10-11(2)17-7-6-15(10)9-13-5-4-12(16-13)8-14-3/h4-5,10-11,14H,6-9H2,1-3H3. The second-order valence-electron chi connectivity index (χ2n) is 4.69. The monoisotopic (exact) mass is 254 g/mol. The van der Waals surface area contributed by atoms with Crippen LogP contribution in [0.1, 0.15) is 25.4 Å². The quantitative estimate of drug-likeness (QED) is 0.892. The molecule has 4 heteroatoms. The van der Waals surface area contributed by atoms with E-state index in [9.17, 15) is 0 Å². The lowest BCUT2D eigenvalue weighted by Crippen LogP contribution is -2.43. The topological polar surface area (TPSA) is 28.4 Å². The minimum Gasteiger partial charge on any atom is -0.463 e. The van der Waals surface area contributed by atoms with E-state index < -0.39 is 0 Å². The Morgan fingerprint density at radius 2 is 2.18 bits per heavy atom. The van der Waals surface area contributed by atoms with Gasteiger partial charge < -0.3 is 9.73 Å². The zero-order valence-corrected chi connectivity index (χ0v) is 11.7. The Hall–Kier alpha value is -0.450. The van der Waals surface area contributed by atoms with E-state index in [1.54, 1.807) is 0 Å². The molecule has 1 aliphatic heterocycles. The molecule has 1 fully saturated rings. The van der Waals surface area contributed by atoms with Gasteiger partial charge in [0, 0.05) is 23.6 Å². The highest BCUT2D eigenvalue weighted by molar-refractivity contribution is 8.00. The number of nitrogens with zero attached hydrogens (tertiary/aromatic N) is 1. The maximum atomic E-state index is 5.80. The molecule has 0 spiro atoms. The van der Waals surface area contributed by atoms with E-state index in [1.165, 1.54) is 5.75 Å². The highest BCUT2D eigenvalue weighted by atomic mass is 32.2. The third kappa shape index (κ3) is 3.27. The van der Waals surface area contributed by atoms with E-state index in [4.69, 9.17) is 4.42 Å². The first-order valence-corrected chi connectivity index (χ1v) is 7.33. The number of nitrogens with one attached hydrogen (secondary N) is 1. The molecule has 1 aromatic heterocycles. The molecular formula is C13H22N2OS. The molecule has 0 bridgehead atoms. The first-order chi connectivity index (χ1) is 8.20. The highest BCUT2D eigenvalue weighted by Crippen LogP contribution is 2.25. The van der Waals surface area contributed by atoms with Gasteiger partial charge in [-0.2, -0.15) is 11.8 Å². The van der Waals surface area contributed by atoms with Gasteiger partial charge in [-0.25, -0.2) is 0 Å². The van der Waals surface area contributed by atoms with Crippen molar-refractivity contribution in [2.24, 2.45) is 0 Å². The highest BCUT2D eigenvalue weighted by Gasteiger charge is 2.25. The average molecular weight is 254 g/mol. The van der Waals surface area contributed by atoms with E-state index >= 15 is 0 Å². The molecule has 2 unspecified atom stereocenters. The minimum absolute atomic E-state index is 0.631. The molecule has 96 valence electrons. The summed E-state index contributed by atoms with van der Waals surface area (Å²) < 4.78 is 5.80. The Bertz CT molecular complexity index is 353. The van der Waals surface area contributed by atoms with Crippen LogP contribution in [0, 0.1) is 0 Å². The van der Waals surface area contributed by atoms with Gasteiger partial charge in [0.25, 0.3) is 0 Å². The fourth-order valence-electron chi connectivity index (χ4n) is 2.20. The van der Waals surface area contributed by atoms with Gasteiger partial charge >= 0.3 is 0 Å².